The molecule has 2 aromatic rings. The molecule has 0 aliphatic rings. The topological polar surface area (TPSA) is 52.6 Å². The van der Waals surface area contributed by atoms with Crippen LogP contribution < -0.4 is 10.2 Å². The highest BCUT2D eigenvalue weighted by molar-refractivity contribution is 7.16. The van der Waals surface area contributed by atoms with Crippen molar-refractivity contribution in [1.29, 1.82) is 0 Å². The summed E-state index contributed by atoms with van der Waals surface area (Å²) in [6.07, 6.45) is 0.637. The molecule has 0 aliphatic carbocycles. The molecule has 0 saturated carbocycles. The lowest BCUT2D eigenvalue weighted by molar-refractivity contribution is -0.115. The first-order valence-corrected chi connectivity index (χ1v) is 8.62. The molecule has 2 rings (SSSR count). The molecule has 0 atom stereocenters. The summed E-state index contributed by atoms with van der Waals surface area (Å²) in [5.41, 5.74) is 3.37. The molecule has 124 valence electrons. The Hall–Kier alpha value is -1.85. The van der Waals surface area contributed by atoms with Gasteiger partial charge in [0.2, 0.25) is 5.91 Å². The smallest absolute Gasteiger partial charge is 0.244 e. The van der Waals surface area contributed by atoms with Gasteiger partial charge in [0.05, 0.1) is 11.5 Å². The van der Waals surface area contributed by atoms with Gasteiger partial charge in [-0.05, 0) is 50.5 Å². The van der Waals surface area contributed by atoms with Crippen molar-refractivity contribution in [2.45, 2.75) is 27.2 Å². The molecule has 0 fully saturated rings. The number of hydrogen-bond acceptors (Lipinski definition) is 4. The van der Waals surface area contributed by atoms with Crippen LogP contribution in [0.4, 0.5) is 10.7 Å². The molecule has 0 unspecified atom stereocenters. The molecule has 0 bridgehead atoms. The third-order valence-electron chi connectivity index (χ3n) is 3.98. The summed E-state index contributed by atoms with van der Waals surface area (Å²) in [4.78, 5) is 15.7. The highest BCUT2D eigenvalue weighted by Gasteiger charge is 2.15. The van der Waals surface area contributed by atoms with Crippen LogP contribution in [-0.2, 0) is 4.79 Å². The largest absolute Gasteiger partial charge is 0.396 e. The van der Waals surface area contributed by atoms with Crippen LogP contribution in [0.1, 0.15) is 22.4 Å². The zero-order chi connectivity index (χ0) is 16.8. The van der Waals surface area contributed by atoms with Crippen molar-refractivity contribution in [3.05, 3.63) is 46.3 Å². The van der Waals surface area contributed by atoms with Crippen LogP contribution in [0, 0.1) is 20.8 Å². The van der Waals surface area contributed by atoms with E-state index in [2.05, 4.69) is 19.2 Å². The van der Waals surface area contributed by atoms with Crippen molar-refractivity contribution in [2.24, 2.45) is 0 Å². The van der Waals surface area contributed by atoms with Crippen molar-refractivity contribution in [3.63, 3.8) is 0 Å². The lowest BCUT2D eigenvalue weighted by Gasteiger charge is -2.24. The molecule has 1 aromatic heterocycles. The summed E-state index contributed by atoms with van der Waals surface area (Å²) in [5.74, 6) is -0.0313. The van der Waals surface area contributed by atoms with E-state index in [1.165, 1.54) is 10.4 Å². The van der Waals surface area contributed by atoms with Crippen LogP contribution in [0.25, 0.3) is 0 Å². The number of carbonyl (C=O) groups is 1. The number of carbonyl (C=O) groups excluding carboxylic acids is 1. The van der Waals surface area contributed by atoms with E-state index in [1.54, 1.807) is 11.3 Å². The fourth-order valence-electron chi connectivity index (χ4n) is 2.40. The number of rotatable bonds is 7. The molecule has 1 amide bonds. The maximum Gasteiger partial charge on any atom is 0.244 e. The number of thiophene rings is 1. The van der Waals surface area contributed by atoms with Gasteiger partial charge in [-0.3, -0.25) is 4.79 Å². The molecule has 2 N–H and O–H groups in total. The van der Waals surface area contributed by atoms with Crippen molar-refractivity contribution in [3.8, 4) is 0 Å². The number of anilines is 2. The van der Waals surface area contributed by atoms with Crippen LogP contribution in [0.3, 0.4) is 0 Å². The van der Waals surface area contributed by atoms with E-state index in [9.17, 15) is 4.79 Å². The van der Waals surface area contributed by atoms with Gasteiger partial charge in [0.25, 0.3) is 0 Å². The van der Waals surface area contributed by atoms with Crippen molar-refractivity contribution >= 4 is 27.9 Å². The summed E-state index contributed by atoms with van der Waals surface area (Å²) in [6, 6.07) is 9.82. The number of benzene rings is 1. The quantitative estimate of drug-likeness (QED) is 0.816. The fourth-order valence-corrected chi connectivity index (χ4v) is 3.48. The van der Waals surface area contributed by atoms with Gasteiger partial charge in [-0.25, -0.2) is 0 Å². The molecule has 0 radical (unpaired) electrons. The highest BCUT2D eigenvalue weighted by atomic mass is 32.1. The van der Waals surface area contributed by atoms with Crippen LogP contribution in [-0.4, -0.2) is 30.7 Å². The Morgan fingerprint density at radius 3 is 2.43 bits per heavy atom. The van der Waals surface area contributed by atoms with Crippen molar-refractivity contribution in [1.82, 2.24) is 0 Å². The molecule has 5 heteroatoms. The summed E-state index contributed by atoms with van der Waals surface area (Å²) in [6.45, 7) is 7.23. The predicted octanol–water partition coefficient (Wildman–Crippen LogP) is 3.50. The predicted molar refractivity (Wildman–Crippen MR) is 97.5 cm³/mol. The Kier molecular flexibility index (Phi) is 6.19. The third kappa shape index (κ3) is 4.56. The Bertz CT molecular complexity index is 653. The summed E-state index contributed by atoms with van der Waals surface area (Å²) in [7, 11) is 0. The minimum absolute atomic E-state index is 0.0313. The van der Waals surface area contributed by atoms with Crippen LogP contribution in [0.5, 0.6) is 0 Å². The molecule has 4 nitrogen and oxygen atoms in total. The normalized spacial score (nSPS) is 10.6. The molecular weight excluding hydrogens is 308 g/mol. The molecule has 0 spiro atoms. The van der Waals surface area contributed by atoms with Gasteiger partial charge in [0, 0.05) is 23.7 Å². The molecular formula is C18H24N2O2S. The number of aliphatic hydroxyl groups is 1. The summed E-state index contributed by atoms with van der Waals surface area (Å²) < 4.78 is 0. The van der Waals surface area contributed by atoms with Gasteiger partial charge < -0.3 is 15.3 Å². The van der Waals surface area contributed by atoms with E-state index in [4.69, 9.17) is 5.11 Å². The molecule has 23 heavy (non-hydrogen) atoms. The van der Waals surface area contributed by atoms with Gasteiger partial charge >= 0.3 is 0 Å². The van der Waals surface area contributed by atoms with Crippen LogP contribution in [0.15, 0.2) is 30.3 Å². The average Bonchev–Trinajstić information content (AvgIpc) is 2.79. The third-order valence-corrected chi connectivity index (χ3v) is 5.21. The second-order valence-corrected chi connectivity index (χ2v) is 6.84. The number of nitrogens with one attached hydrogen (secondary N) is 1. The molecule has 1 heterocycles. The number of para-hydroxylation sites is 1. The number of aliphatic hydroxyl groups excluding tert-OH is 1. The van der Waals surface area contributed by atoms with Crippen molar-refractivity contribution < 1.29 is 9.90 Å². The van der Waals surface area contributed by atoms with E-state index in [0.717, 1.165) is 16.3 Å². The monoisotopic (exact) mass is 332 g/mol. The second kappa shape index (κ2) is 8.13. The van der Waals surface area contributed by atoms with Crippen LogP contribution in [0.2, 0.25) is 0 Å². The number of nitrogens with zero attached hydrogens (tertiary/aromatic N) is 1. The molecule has 1 aromatic carbocycles. The summed E-state index contributed by atoms with van der Waals surface area (Å²) >= 11 is 1.62. The average molecular weight is 332 g/mol. The second-order valence-electron chi connectivity index (χ2n) is 5.62. The maximum atomic E-state index is 12.4. The Balaban J connectivity index is 2.06. The fraction of sp³-hybridized carbons (Fsp3) is 0.389. The lowest BCUT2D eigenvalue weighted by atomic mass is 10.2. The van der Waals surface area contributed by atoms with E-state index in [1.807, 2.05) is 42.2 Å². The van der Waals surface area contributed by atoms with Gasteiger partial charge in [0.1, 0.15) is 0 Å². The first-order chi connectivity index (χ1) is 11.0. The Labute approximate surface area is 141 Å². The zero-order valence-electron chi connectivity index (χ0n) is 13.9. The first-order valence-electron chi connectivity index (χ1n) is 7.80. The lowest BCUT2D eigenvalue weighted by Crippen LogP contribution is -2.34. The van der Waals surface area contributed by atoms with Gasteiger partial charge in [-0.1, -0.05) is 18.2 Å². The standard InChI is InChI=1S/C18H24N2O2S/c1-13-14(2)18(23-15(13)3)19-17(22)12-20(10-7-11-21)16-8-5-4-6-9-16/h4-6,8-9,21H,7,10-12H2,1-3H3,(H,19,22). The number of hydrogen-bond donors (Lipinski definition) is 2. The van der Waals surface area contributed by atoms with E-state index in [0.29, 0.717) is 13.0 Å². The van der Waals surface area contributed by atoms with Gasteiger partial charge in [-0.15, -0.1) is 11.3 Å². The first kappa shape index (κ1) is 17.5. The minimum Gasteiger partial charge on any atom is -0.396 e. The van der Waals surface area contributed by atoms with Gasteiger partial charge in [-0.2, -0.15) is 0 Å². The van der Waals surface area contributed by atoms with Crippen molar-refractivity contribution in [2.75, 3.05) is 29.9 Å². The SMILES string of the molecule is Cc1sc(NC(=O)CN(CCCO)c2ccccc2)c(C)c1C. The number of amides is 1. The minimum atomic E-state index is -0.0313. The molecule has 0 saturated heterocycles. The zero-order valence-corrected chi connectivity index (χ0v) is 14.7. The highest BCUT2D eigenvalue weighted by Crippen LogP contribution is 2.31. The van der Waals surface area contributed by atoms with E-state index >= 15 is 0 Å². The van der Waals surface area contributed by atoms with E-state index in [-0.39, 0.29) is 19.1 Å². The number of aryl methyl sites for hydroxylation is 1. The van der Waals surface area contributed by atoms with Crippen LogP contribution >= 0.6 is 11.3 Å². The summed E-state index contributed by atoms with van der Waals surface area (Å²) in [5, 5.41) is 13.0. The van der Waals surface area contributed by atoms with E-state index < -0.39 is 0 Å². The Morgan fingerprint density at radius 1 is 1.17 bits per heavy atom. The van der Waals surface area contributed by atoms with Gasteiger partial charge in [0.15, 0.2) is 0 Å². The maximum absolute atomic E-state index is 12.4. The Morgan fingerprint density at radius 2 is 1.87 bits per heavy atom. The molecule has 0 aliphatic heterocycles.